The van der Waals surface area contributed by atoms with Crippen LogP contribution in [-0.4, -0.2) is 57.9 Å². The molecule has 1 aromatic heterocycles. The standard InChI is InChI=1S/C31H41N5O5/c1-18(2)14-24(35-30(39)27(32)19(3)4)28(37)34-25(16-21-17-33-23-13-9-8-12-22(21)23)29(38)36-26(31(40)41)15-20-10-6-5-7-11-20/h5-13,17-19,24-27,33H,14-16,32H2,1-4H3,(H,34,37)(H,35,39)(H,36,38)(H,40,41). The highest BCUT2D eigenvalue weighted by Gasteiger charge is 2.31. The van der Waals surface area contributed by atoms with Crippen LogP contribution < -0.4 is 21.7 Å². The van der Waals surface area contributed by atoms with Crippen molar-refractivity contribution in [3.63, 3.8) is 0 Å². The van der Waals surface area contributed by atoms with Crippen molar-refractivity contribution in [2.75, 3.05) is 0 Å². The molecule has 0 radical (unpaired) electrons. The van der Waals surface area contributed by atoms with Gasteiger partial charge in [0.2, 0.25) is 17.7 Å². The van der Waals surface area contributed by atoms with Gasteiger partial charge in [0.15, 0.2) is 0 Å². The van der Waals surface area contributed by atoms with Crippen molar-refractivity contribution in [3.05, 3.63) is 71.9 Å². The number of H-pyrrole nitrogens is 1. The molecule has 4 unspecified atom stereocenters. The number of aliphatic carboxylic acids is 1. The van der Waals surface area contributed by atoms with Crippen molar-refractivity contribution in [3.8, 4) is 0 Å². The van der Waals surface area contributed by atoms with Gasteiger partial charge in [-0.15, -0.1) is 0 Å². The first-order chi connectivity index (χ1) is 19.5. The molecule has 3 amide bonds. The molecule has 10 heteroatoms. The van der Waals surface area contributed by atoms with E-state index in [0.29, 0.717) is 6.42 Å². The first-order valence-corrected chi connectivity index (χ1v) is 13.9. The number of fused-ring (bicyclic) bond motifs is 1. The minimum Gasteiger partial charge on any atom is -0.480 e. The maximum atomic E-state index is 13.6. The lowest BCUT2D eigenvalue weighted by molar-refractivity contribution is -0.142. The highest BCUT2D eigenvalue weighted by molar-refractivity contribution is 5.95. The number of nitrogens with one attached hydrogen (secondary N) is 4. The van der Waals surface area contributed by atoms with Crippen molar-refractivity contribution in [2.45, 2.75) is 71.1 Å². The molecular formula is C31H41N5O5. The molecule has 3 rings (SSSR count). The zero-order valence-corrected chi connectivity index (χ0v) is 24.0. The van der Waals surface area contributed by atoms with Gasteiger partial charge in [0.25, 0.3) is 0 Å². The number of para-hydroxylation sites is 1. The highest BCUT2D eigenvalue weighted by atomic mass is 16.4. The molecule has 0 saturated heterocycles. The lowest BCUT2D eigenvalue weighted by Crippen LogP contribution is -2.58. The molecule has 0 aliphatic heterocycles. The number of carboxylic acids is 1. The van der Waals surface area contributed by atoms with Crippen molar-refractivity contribution < 1.29 is 24.3 Å². The molecule has 220 valence electrons. The third kappa shape index (κ3) is 8.91. The Balaban J connectivity index is 1.87. The topological polar surface area (TPSA) is 166 Å². The van der Waals surface area contributed by atoms with E-state index in [9.17, 15) is 24.3 Å². The summed E-state index contributed by atoms with van der Waals surface area (Å²) in [6.45, 7) is 7.48. The normalized spacial score (nSPS) is 14.3. The summed E-state index contributed by atoms with van der Waals surface area (Å²) in [4.78, 5) is 55.1. The molecule has 0 spiro atoms. The van der Waals surface area contributed by atoms with Gasteiger partial charge in [-0.3, -0.25) is 14.4 Å². The monoisotopic (exact) mass is 563 g/mol. The number of carboxylic acid groups (broad SMARTS) is 1. The van der Waals surface area contributed by atoms with Gasteiger partial charge >= 0.3 is 5.97 Å². The molecule has 7 N–H and O–H groups in total. The molecule has 0 aliphatic rings. The fourth-order valence-electron chi connectivity index (χ4n) is 4.60. The Labute approximate surface area is 240 Å². The van der Waals surface area contributed by atoms with Gasteiger partial charge in [0, 0.05) is 29.9 Å². The van der Waals surface area contributed by atoms with Crippen LogP contribution in [0.2, 0.25) is 0 Å². The van der Waals surface area contributed by atoms with Crippen LogP contribution in [0.25, 0.3) is 10.9 Å². The summed E-state index contributed by atoms with van der Waals surface area (Å²) in [5, 5.41) is 18.9. The number of hydrogen-bond acceptors (Lipinski definition) is 5. The van der Waals surface area contributed by atoms with Crippen LogP contribution in [0, 0.1) is 11.8 Å². The molecule has 41 heavy (non-hydrogen) atoms. The summed E-state index contributed by atoms with van der Waals surface area (Å²) in [6.07, 6.45) is 2.28. The number of rotatable bonds is 14. The minimum absolute atomic E-state index is 0.0597. The van der Waals surface area contributed by atoms with Crippen LogP contribution in [0.4, 0.5) is 0 Å². The van der Waals surface area contributed by atoms with Crippen molar-refractivity contribution in [1.29, 1.82) is 0 Å². The van der Waals surface area contributed by atoms with E-state index in [1.165, 1.54) is 0 Å². The Morgan fingerprint density at radius 1 is 0.780 bits per heavy atom. The second kappa shape index (κ2) is 14.5. The second-order valence-electron chi connectivity index (χ2n) is 11.2. The third-order valence-corrected chi connectivity index (χ3v) is 6.99. The Kier molecular flexibility index (Phi) is 11.0. The van der Waals surface area contributed by atoms with E-state index in [2.05, 4.69) is 20.9 Å². The fraction of sp³-hybridized carbons (Fsp3) is 0.419. The number of aromatic amines is 1. The van der Waals surface area contributed by atoms with Gasteiger partial charge in [-0.05, 0) is 35.4 Å². The SMILES string of the molecule is CC(C)CC(NC(=O)C(N)C(C)C)C(=O)NC(Cc1c[nH]c2ccccc12)C(=O)NC(Cc1ccccc1)C(=O)O. The Hall–Kier alpha value is -4.18. The summed E-state index contributed by atoms with van der Waals surface area (Å²) < 4.78 is 0. The summed E-state index contributed by atoms with van der Waals surface area (Å²) in [6, 6.07) is 12.5. The van der Waals surface area contributed by atoms with E-state index in [1.54, 1.807) is 30.5 Å². The maximum Gasteiger partial charge on any atom is 0.326 e. The third-order valence-electron chi connectivity index (χ3n) is 6.99. The average molecular weight is 564 g/mol. The van der Waals surface area contributed by atoms with Gasteiger partial charge in [-0.2, -0.15) is 0 Å². The van der Waals surface area contributed by atoms with Crippen LogP contribution in [0.5, 0.6) is 0 Å². The Bertz CT molecular complexity index is 1340. The Morgan fingerprint density at radius 3 is 2.00 bits per heavy atom. The molecule has 1 heterocycles. The number of carbonyl (C=O) groups is 4. The number of hydrogen-bond donors (Lipinski definition) is 6. The van der Waals surface area contributed by atoms with Gasteiger partial charge in [0.05, 0.1) is 6.04 Å². The van der Waals surface area contributed by atoms with Gasteiger partial charge < -0.3 is 31.8 Å². The quantitative estimate of drug-likeness (QED) is 0.176. The maximum absolute atomic E-state index is 13.6. The second-order valence-corrected chi connectivity index (χ2v) is 11.2. The van der Waals surface area contributed by atoms with Crippen LogP contribution in [0.3, 0.4) is 0 Å². The molecule has 2 aromatic carbocycles. The smallest absolute Gasteiger partial charge is 0.326 e. The number of aromatic nitrogens is 1. The van der Waals surface area contributed by atoms with Crippen LogP contribution in [0.15, 0.2) is 60.8 Å². The molecular weight excluding hydrogens is 522 g/mol. The molecule has 10 nitrogen and oxygen atoms in total. The molecule has 0 aliphatic carbocycles. The van der Waals surface area contributed by atoms with E-state index < -0.39 is 47.9 Å². The van der Waals surface area contributed by atoms with Crippen molar-refractivity contribution >= 4 is 34.6 Å². The molecule has 3 aromatic rings. The van der Waals surface area contributed by atoms with E-state index >= 15 is 0 Å². The Morgan fingerprint density at radius 2 is 1.37 bits per heavy atom. The van der Waals surface area contributed by atoms with Gasteiger partial charge in [-0.1, -0.05) is 76.2 Å². The van der Waals surface area contributed by atoms with Crippen LogP contribution >= 0.6 is 0 Å². The lowest BCUT2D eigenvalue weighted by atomic mass is 9.99. The van der Waals surface area contributed by atoms with Gasteiger partial charge in [0.1, 0.15) is 18.1 Å². The molecule has 4 atom stereocenters. The highest BCUT2D eigenvalue weighted by Crippen LogP contribution is 2.20. The number of carbonyl (C=O) groups excluding carboxylic acids is 3. The van der Waals surface area contributed by atoms with E-state index in [1.807, 2.05) is 58.0 Å². The predicted molar refractivity (Wildman–Crippen MR) is 158 cm³/mol. The van der Waals surface area contributed by atoms with Crippen molar-refractivity contribution in [2.24, 2.45) is 17.6 Å². The lowest BCUT2D eigenvalue weighted by Gasteiger charge is -2.26. The molecule has 0 saturated carbocycles. The zero-order valence-electron chi connectivity index (χ0n) is 24.0. The molecule has 0 bridgehead atoms. The van der Waals surface area contributed by atoms with E-state index in [4.69, 9.17) is 5.73 Å². The van der Waals surface area contributed by atoms with E-state index in [0.717, 1.165) is 22.0 Å². The summed E-state index contributed by atoms with van der Waals surface area (Å²) in [7, 11) is 0. The van der Waals surface area contributed by atoms with Crippen LogP contribution in [0.1, 0.15) is 45.2 Å². The first kappa shape index (κ1) is 31.3. The summed E-state index contributed by atoms with van der Waals surface area (Å²) in [5.41, 5.74) is 8.41. The zero-order chi connectivity index (χ0) is 30.1. The van der Waals surface area contributed by atoms with E-state index in [-0.39, 0.29) is 24.7 Å². The predicted octanol–water partition coefficient (Wildman–Crippen LogP) is 2.52. The summed E-state index contributed by atoms with van der Waals surface area (Å²) >= 11 is 0. The largest absolute Gasteiger partial charge is 0.480 e. The number of amides is 3. The van der Waals surface area contributed by atoms with Gasteiger partial charge in [-0.25, -0.2) is 4.79 Å². The first-order valence-electron chi connectivity index (χ1n) is 13.9. The summed E-state index contributed by atoms with van der Waals surface area (Å²) in [5.74, 6) is -2.89. The fourth-order valence-corrected chi connectivity index (χ4v) is 4.60. The number of nitrogens with two attached hydrogens (primary N) is 1. The number of benzene rings is 2. The molecule has 0 fully saturated rings. The average Bonchev–Trinajstić information content (AvgIpc) is 3.34. The van der Waals surface area contributed by atoms with Crippen LogP contribution in [-0.2, 0) is 32.0 Å². The minimum atomic E-state index is -1.21. The van der Waals surface area contributed by atoms with Crippen molar-refractivity contribution in [1.82, 2.24) is 20.9 Å².